The molecule has 20 heavy (non-hydrogen) atoms. The fourth-order valence-electron chi connectivity index (χ4n) is 3.63. The maximum atomic E-state index is 10.3. The highest BCUT2D eigenvalue weighted by molar-refractivity contribution is 4.98. The third kappa shape index (κ3) is 2.44. The third-order valence-electron chi connectivity index (χ3n) is 5.25. The predicted molar refractivity (Wildman–Crippen MR) is 78.5 cm³/mol. The van der Waals surface area contributed by atoms with Crippen molar-refractivity contribution in [2.24, 2.45) is 21.7 Å². The molecule has 4 atom stereocenters. The molecule has 1 N–H and O–H groups in total. The monoisotopic (exact) mass is 283 g/mol. The highest BCUT2D eigenvalue weighted by Crippen LogP contribution is 2.42. The van der Waals surface area contributed by atoms with Gasteiger partial charge in [-0.2, -0.15) is 0 Å². The van der Waals surface area contributed by atoms with Gasteiger partial charge in [-0.05, 0) is 18.4 Å². The van der Waals surface area contributed by atoms with E-state index < -0.39 is 6.35 Å². The van der Waals surface area contributed by atoms with E-state index in [4.69, 9.17) is 0 Å². The van der Waals surface area contributed by atoms with Crippen molar-refractivity contribution < 1.29 is 5.11 Å². The number of rotatable bonds is 4. The Balaban J connectivity index is 2.29. The van der Waals surface area contributed by atoms with Gasteiger partial charge < -0.3 is 5.11 Å². The molecule has 116 valence electrons. The molecule has 2 heterocycles. The molecule has 0 bridgehead atoms. The van der Waals surface area contributed by atoms with Gasteiger partial charge in [0.2, 0.25) is 6.35 Å². The number of fused-ring (bicyclic) bond motifs is 1. The van der Waals surface area contributed by atoms with Crippen molar-refractivity contribution in [2.75, 3.05) is 20.8 Å². The molecule has 0 aromatic rings. The minimum absolute atomic E-state index is 0.0398. The summed E-state index contributed by atoms with van der Waals surface area (Å²) in [5, 5.41) is 20.3. The lowest BCUT2D eigenvalue weighted by Crippen LogP contribution is -2.53. The Morgan fingerprint density at radius 3 is 2.50 bits per heavy atom. The van der Waals surface area contributed by atoms with E-state index in [1.54, 1.807) is 7.05 Å². The van der Waals surface area contributed by atoms with Gasteiger partial charge in [0.05, 0.1) is 12.7 Å². The second kappa shape index (κ2) is 5.58. The minimum atomic E-state index is -0.674. The molecule has 0 aromatic heterocycles. The Kier molecular flexibility index (Phi) is 4.37. The summed E-state index contributed by atoms with van der Waals surface area (Å²) in [4.78, 5) is 4.34. The Bertz CT molecular complexity index is 373. The normalized spacial score (nSPS) is 33.5. The maximum Gasteiger partial charge on any atom is 0.205 e. The minimum Gasteiger partial charge on any atom is -0.359 e. The molecule has 0 radical (unpaired) electrons. The summed E-state index contributed by atoms with van der Waals surface area (Å²) in [6.07, 6.45) is 1.54. The van der Waals surface area contributed by atoms with Gasteiger partial charge in [0.1, 0.15) is 6.17 Å². The second-order valence-corrected chi connectivity index (χ2v) is 6.80. The van der Waals surface area contributed by atoms with Crippen LogP contribution in [0, 0.1) is 11.3 Å². The molecule has 2 aliphatic heterocycles. The zero-order valence-electron chi connectivity index (χ0n) is 13.6. The van der Waals surface area contributed by atoms with Crippen molar-refractivity contribution in [3.63, 3.8) is 0 Å². The smallest absolute Gasteiger partial charge is 0.205 e. The summed E-state index contributed by atoms with van der Waals surface area (Å²) in [5.41, 5.74) is 0.257. The van der Waals surface area contributed by atoms with Crippen molar-refractivity contribution >= 4 is 0 Å². The van der Waals surface area contributed by atoms with Crippen molar-refractivity contribution in [2.45, 2.75) is 59.1 Å². The van der Waals surface area contributed by atoms with Crippen LogP contribution in [0.4, 0.5) is 0 Å². The molecule has 2 rings (SSSR count). The van der Waals surface area contributed by atoms with Crippen LogP contribution in [0.5, 0.6) is 0 Å². The number of hydrogen-bond donors (Lipinski definition) is 1. The second-order valence-electron chi connectivity index (χ2n) is 6.80. The first-order chi connectivity index (χ1) is 9.33. The number of aliphatic hydroxyl groups excluding tert-OH is 1. The number of likely N-dealkylation sites (N-methyl/N-ethyl adjacent to an activating group) is 1. The average molecular weight is 283 g/mol. The van der Waals surface area contributed by atoms with Gasteiger partial charge in [0, 0.05) is 7.05 Å². The van der Waals surface area contributed by atoms with Crippen LogP contribution in [0.2, 0.25) is 0 Å². The van der Waals surface area contributed by atoms with Gasteiger partial charge in [-0.3, -0.25) is 4.90 Å². The molecular weight excluding hydrogens is 254 g/mol. The van der Waals surface area contributed by atoms with E-state index in [1.807, 2.05) is 4.90 Å². The lowest BCUT2D eigenvalue weighted by atomic mass is 9.70. The first kappa shape index (κ1) is 15.7. The standard InChI is InChI=1S/C14H29N5O/c1-7-10(14(3,4)8-2)11-12-15-16-18(6)13(20)19(12)9-17(11)5/h10-13,20H,7-9H2,1-6H3. The largest absolute Gasteiger partial charge is 0.359 e. The highest BCUT2D eigenvalue weighted by Gasteiger charge is 2.50. The Labute approximate surface area is 122 Å². The predicted octanol–water partition coefficient (Wildman–Crippen LogP) is 1.94. The van der Waals surface area contributed by atoms with Gasteiger partial charge in [0.15, 0.2) is 0 Å². The highest BCUT2D eigenvalue weighted by atomic mass is 16.3. The maximum absolute atomic E-state index is 10.3. The SMILES string of the molecule is CCC(C1C2N=NN(C)C(O)N2CN1C)C(C)(C)CC. The van der Waals surface area contributed by atoms with E-state index in [-0.39, 0.29) is 11.6 Å². The van der Waals surface area contributed by atoms with Crippen molar-refractivity contribution in [1.29, 1.82) is 0 Å². The molecule has 0 aliphatic carbocycles. The van der Waals surface area contributed by atoms with Crippen LogP contribution in [0.15, 0.2) is 10.3 Å². The summed E-state index contributed by atoms with van der Waals surface area (Å²) in [5.74, 6) is 0.530. The van der Waals surface area contributed by atoms with Gasteiger partial charge in [-0.15, -0.1) is 5.11 Å². The molecule has 6 heteroatoms. The third-order valence-corrected chi connectivity index (χ3v) is 5.25. The molecule has 1 fully saturated rings. The molecule has 0 aromatic carbocycles. The van der Waals surface area contributed by atoms with E-state index in [2.05, 4.69) is 50.0 Å². The van der Waals surface area contributed by atoms with Crippen LogP contribution in [0.3, 0.4) is 0 Å². The van der Waals surface area contributed by atoms with Crippen LogP contribution in [0.1, 0.15) is 40.5 Å². The molecular formula is C14H29N5O. The van der Waals surface area contributed by atoms with Crippen molar-refractivity contribution in [3.05, 3.63) is 0 Å². The van der Waals surface area contributed by atoms with E-state index in [1.165, 1.54) is 5.01 Å². The van der Waals surface area contributed by atoms with Gasteiger partial charge >= 0.3 is 0 Å². The number of aliphatic hydroxyl groups is 1. The zero-order valence-corrected chi connectivity index (χ0v) is 13.6. The van der Waals surface area contributed by atoms with Gasteiger partial charge in [0.25, 0.3) is 0 Å². The molecule has 1 saturated heterocycles. The van der Waals surface area contributed by atoms with Gasteiger partial charge in [-0.25, -0.2) is 9.91 Å². The molecule has 0 amide bonds. The summed E-state index contributed by atoms with van der Waals surface area (Å²) >= 11 is 0. The number of hydrogen-bond acceptors (Lipinski definition) is 6. The number of nitrogens with zero attached hydrogens (tertiary/aromatic N) is 5. The van der Waals surface area contributed by atoms with Crippen LogP contribution in [0.25, 0.3) is 0 Å². The summed E-state index contributed by atoms with van der Waals surface area (Å²) in [7, 11) is 3.88. The van der Waals surface area contributed by atoms with Crippen LogP contribution >= 0.6 is 0 Å². The van der Waals surface area contributed by atoms with Crippen molar-refractivity contribution in [1.82, 2.24) is 14.8 Å². The van der Waals surface area contributed by atoms with E-state index in [0.717, 1.165) is 19.5 Å². The van der Waals surface area contributed by atoms with Crippen molar-refractivity contribution in [3.8, 4) is 0 Å². The molecule has 0 spiro atoms. The summed E-state index contributed by atoms with van der Waals surface area (Å²) in [6.45, 7) is 9.90. The van der Waals surface area contributed by atoms with E-state index in [9.17, 15) is 5.11 Å². The zero-order chi connectivity index (χ0) is 15.1. The molecule has 2 aliphatic rings. The average Bonchev–Trinajstić information content (AvgIpc) is 2.73. The van der Waals surface area contributed by atoms with E-state index in [0.29, 0.717) is 12.0 Å². The molecule has 0 saturated carbocycles. The molecule has 4 unspecified atom stereocenters. The summed E-state index contributed by atoms with van der Waals surface area (Å²) < 4.78 is 0. The van der Waals surface area contributed by atoms with E-state index >= 15 is 0 Å². The first-order valence-electron chi connectivity index (χ1n) is 7.61. The van der Waals surface area contributed by atoms with Crippen LogP contribution in [-0.2, 0) is 0 Å². The topological polar surface area (TPSA) is 54.7 Å². The Morgan fingerprint density at radius 1 is 1.30 bits per heavy atom. The fourth-order valence-corrected chi connectivity index (χ4v) is 3.63. The van der Waals surface area contributed by atoms with Crippen LogP contribution < -0.4 is 0 Å². The van der Waals surface area contributed by atoms with Crippen LogP contribution in [-0.4, -0.2) is 59.2 Å². The fraction of sp³-hybridized carbons (Fsp3) is 1.00. The quantitative estimate of drug-likeness (QED) is 0.856. The van der Waals surface area contributed by atoms with Gasteiger partial charge in [-0.1, -0.05) is 45.8 Å². The first-order valence-corrected chi connectivity index (χ1v) is 7.61. The Hall–Kier alpha value is -0.720. The lowest BCUT2D eigenvalue weighted by Gasteiger charge is -2.42. The molecule has 6 nitrogen and oxygen atoms in total. The summed E-state index contributed by atoms with van der Waals surface area (Å²) in [6, 6.07) is 0.307. The Morgan fingerprint density at radius 2 is 1.95 bits per heavy atom. The lowest BCUT2D eigenvalue weighted by molar-refractivity contribution is -0.135.